The Morgan fingerprint density at radius 1 is 1.50 bits per heavy atom. The summed E-state index contributed by atoms with van der Waals surface area (Å²) in [6.45, 7) is 6.60. The lowest BCUT2D eigenvalue weighted by atomic mass is 10.3. The zero-order chi connectivity index (χ0) is 10.6. The van der Waals surface area contributed by atoms with Gasteiger partial charge in [-0.15, -0.1) is 11.3 Å². The van der Waals surface area contributed by atoms with Crippen molar-refractivity contribution in [2.75, 3.05) is 13.2 Å². The first-order valence-corrected chi connectivity index (χ1v) is 5.51. The molecule has 0 aliphatic heterocycles. The maximum atomic E-state index is 11.6. The Morgan fingerprint density at radius 3 is 2.71 bits per heavy atom. The van der Waals surface area contributed by atoms with Crippen molar-refractivity contribution in [1.82, 2.24) is 4.98 Å². The van der Waals surface area contributed by atoms with Gasteiger partial charge in [0.2, 0.25) is 0 Å². The molecule has 0 spiro atoms. The van der Waals surface area contributed by atoms with Crippen LogP contribution in [0.2, 0.25) is 0 Å². The van der Waals surface area contributed by atoms with Gasteiger partial charge in [-0.1, -0.05) is 6.92 Å². The number of hydrogen-bond donors (Lipinski definition) is 0. The van der Waals surface area contributed by atoms with E-state index in [1.165, 1.54) is 11.3 Å². The molecule has 0 unspecified atom stereocenters. The quantitative estimate of drug-likeness (QED) is 0.557. The minimum Gasteiger partial charge on any atom is -0.373 e. The maximum Gasteiger partial charge on any atom is 0.200 e. The Kier molecular flexibility index (Phi) is 4.22. The van der Waals surface area contributed by atoms with Gasteiger partial charge >= 0.3 is 0 Å². The minimum absolute atomic E-state index is 0.0431. The highest BCUT2D eigenvalue weighted by molar-refractivity contribution is 7.13. The van der Waals surface area contributed by atoms with Crippen molar-refractivity contribution >= 4 is 17.1 Å². The van der Waals surface area contributed by atoms with Gasteiger partial charge in [-0.25, -0.2) is 4.98 Å². The number of ketones is 1. The SMILES string of the molecule is CCCOCC(=O)c1sc(C)nc1C. The molecular weight excluding hydrogens is 198 g/mol. The molecule has 0 aliphatic carbocycles. The van der Waals surface area contributed by atoms with E-state index in [1.807, 2.05) is 20.8 Å². The number of rotatable bonds is 5. The van der Waals surface area contributed by atoms with Crippen LogP contribution in [0.15, 0.2) is 0 Å². The van der Waals surface area contributed by atoms with Gasteiger partial charge in [0.1, 0.15) is 6.61 Å². The van der Waals surface area contributed by atoms with Gasteiger partial charge in [0, 0.05) is 6.61 Å². The average Bonchev–Trinajstić information content (AvgIpc) is 2.45. The molecule has 0 fully saturated rings. The molecule has 1 aromatic rings. The Morgan fingerprint density at radius 2 is 2.21 bits per heavy atom. The van der Waals surface area contributed by atoms with Crippen LogP contribution < -0.4 is 0 Å². The molecule has 4 heteroatoms. The molecule has 78 valence electrons. The second-order valence-corrected chi connectivity index (χ2v) is 4.33. The van der Waals surface area contributed by atoms with E-state index in [4.69, 9.17) is 4.74 Å². The normalized spacial score (nSPS) is 10.5. The number of aryl methyl sites for hydroxylation is 2. The molecule has 0 atom stereocenters. The van der Waals surface area contributed by atoms with Crippen molar-refractivity contribution in [1.29, 1.82) is 0 Å². The fraction of sp³-hybridized carbons (Fsp3) is 0.600. The number of thiazole rings is 1. The average molecular weight is 213 g/mol. The van der Waals surface area contributed by atoms with Crippen molar-refractivity contribution in [3.8, 4) is 0 Å². The van der Waals surface area contributed by atoms with Gasteiger partial charge in [0.05, 0.1) is 15.6 Å². The minimum atomic E-state index is 0.0431. The molecule has 0 bridgehead atoms. The lowest BCUT2D eigenvalue weighted by Gasteiger charge is -1.99. The molecule has 0 N–H and O–H groups in total. The van der Waals surface area contributed by atoms with Crippen LogP contribution in [0, 0.1) is 13.8 Å². The van der Waals surface area contributed by atoms with Crippen LogP contribution in [-0.2, 0) is 4.74 Å². The highest BCUT2D eigenvalue weighted by Crippen LogP contribution is 2.17. The summed E-state index contributed by atoms with van der Waals surface area (Å²) in [6.07, 6.45) is 0.938. The number of ether oxygens (including phenoxy) is 1. The molecule has 0 radical (unpaired) electrons. The molecule has 0 saturated heterocycles. The Bertz CT molecular complexity index is 320. The molecule has 1 aromatic heterocycles. The Balaban J connectivity index is 2.56. The maximum absolute atomic E-state index is 11.6. The lowest BCUT2D eigenvalue weighted by Crippen LogP contribution is -2.09. The van der Waals surface area contributed by atoms with Crippen molar-refractivity contribution < 1.29 is 9.53 Å². The van der Waals surface area contributed by atoms with Gasteiger partial charge < -0.3 is 4.74 Å². The van der Waals surface area contributed by atoms with E-state index in [-0.39, 0.29) is 12.4 Å². The molecule has 0 aromatic carbocycles. The van der Waals surface area contributed by atoms with E-state index in [9.17, 15) is 4.79 Å². The smallest absolute Gasteiger partial charge is 0.200 e. The van der Waals surface area contributed by atoms with E-state index < -0.39 is 0 Å². The zero-order valence-corrected chi connectivity index (χ0v) is 9.61. The van der Waals surface area contributed by atoms with Crippen molar-refractivity contribution in [2.24, 2.45) is 0 Å². The predicted octanol–water partition coefficient (Wildman–Crippen LogP) is 2.37. The molecule has 1 heterocycles. The van der Waals surface area contributed by atoms with Crippen LogP contribution in [0.1, 0.15) is 33.7 Å². The first-order valence-electron chi connectivity index (χ1n) is 4.70. The first-order chi connectivity index (χ1) is 6.65. The van der Waals surface area contributed by atoms with Crippen molar-refractivity contribution in [2.45, 2.75) is 27.2 Å². The van der Waals surface area contributed by atoms with E-state index >= 15 is 0 Å². The molecule has 1 rings (SSSR count). The largest absolute Gasteiger partial charge is 0.373 e. The number of hydrogen-bond acceptors (Lipinski definition) is 4. The molecule has 0 amide bonds. The first kappa shape index (κ1) is 11.3. The number of nitrogens with zero attached hydrogens (tertiary/aromatic N) is 1. The van der Waals surface area contributed by atoms with Crippen molar-refractivity contribution in [3.63, 3.8) is 0 Å². The number of aromatic nitrogens is 1. The summed E-state index contributed by atoms with van der Waals surface area (Å²) in [5, 5.41) is 0.932. The molecular formula is C10H15NO2S. The Labute approximate surface area is 88.1 Å². The topological polar surface area (TPSA) is 39.2 Å². The summed E-state index contributed by atoms with van der Waals surface area (Å²) in [4.78, 5) is 16.5. The third-order valence-corrected chi connectivity index (χ3v) is 2.85. The second-order valence-electron chi connectivity index (χ2n) is 3.12. The van der Waals surface area contributed by atoms with Gasteiger partial charge in [-0.05, 0) is 20.3 Å². The van der Waals surface area contributed by atoms with Crippen LogP contribution in [0.25, 0.3) is 0 Å². The van der Waals surface area contributed by atoms with E-state index in [2.05, 4.69) is 4.98 Å². The summed E-state index contributed by atoms with van der Waals surface area (Å²) < 4.78 is 5.19. The summed E-state index contributed by atoms with van der Waals surface area (Å²) in [7, 11) is 0. The van der Waals surface area contributed by atoms with Crippen LogP contribution in [0.4, 0.5) is 0 Å². The predicted molar refractivity (Wildman–Crippen MR) is 57.0 cm³/mol. The van der Waals surface area contributed by atoms with Crippen LogP contribution >= 0.6 is 11.3 Å². The summed E-state index contributed by atoms with van der Waals surface area (Å²) in [6, 6.07) is 0. The summed E-state index contributed by atoms with van der Waals surface area (Å²) in [5.41, 5.74) is 0.817. The van der Waals surface area contributed by atoms with Gasteiger partial charge in [0.15, 0.2) is 5.78 Å². The van der Waals surface area contributed by atoms with Gasteiger partial charge in [-0.2, -0.15) is 0 Å². The fourth-order valence-electron chi connectivity index (χ4n) is 1.16. The Hall–Kier alpha value is -0.740. The standard InChI is InChI=1S/C10H15NO2S/c1-4-5-13-6-9(12)10-7(2)11-8(3)14-10/h4-6H2,1-3H3. The molecule has 14 heavy (non-hydrogen) atoms. The summed E-state index contributed by atoms with van der Waals surface area (Å²) >= 11 is 1.44. The highest BCUT2D eigenvalue weighted by Gasteiger charge is 2.13. The highest BCUT2D eigenvalue weighted by atomic mass is 32.1. The van der Waals surface area contributed by atoms with Gasteiger partial charge in [-0.3, -0.25) is 4.79 Å². The number of carbonyl (C=O) groups excluding carboxylic acids is 1. The second kappa shape index (κ2) is 5.22. The molecule has 0 saturated carbocycles. The third-order valence-electron chi connectivity index (χ3n) is 1.74. The van der Waals surface area contributed by atoms with Crippen LogP contribution in [0.5, 0.6) is 0 Å². The molecule has 3 nitrogen and oxygen atoms in total. The van der Waals surface area contributed by atoms with Crippen LogP contribution in [0.3, 0.4) is 0 Å². The van der Waals surface area contributed by atoms with E-state index in [1.54, 1.807) is 0 Å². The fourth-order valence-corrected chi connectivity index (χ4v) is 2.01. The lowest BCUT2D eigenvalue weighted by molar-refractivity contribution is 0.0764. The van der Waals surface area contributed by atoms with E-state index in [0.717, 1.165) is 22.0 Å². The van der Waals surface area contributed by atoms with E-state index in [0.29, 0.717) is 6.61 Å². The monoisotopic (exact) mass is 213 g/mol. The molecule has 0 aliphatic rings. The summed E-state index contributed by atoms with van der Waals surface area (Å²) in [5.74, 6) is 0.0431. The van der Waals surface area contributed by atoms with Gasteiger partial charge in [0.25, 0.3) is 0 Å². The number of carbonyl (C=O) groups is 1. The number of Topliss-reactive ketones (excluding diaryl/α,β-unsaturated/α-hetero) is 1. The van der Waals surface area contributed by atoms with Crippen LogP contribution in [-0.4, -0.2) is 24.0 Å². The zero-order valence-electron chi connectivity index (χ0n) is 8.79. The third kappa shape index (κ3) is 2.89. The van der Waals surface area contributed by atoms with Crippen molar-refractivity contribution in [3.05, 3.63) is 15.6 Å².